The van der Waals surface area contributed by atoms with Gasteiger partial charge in [-0.2, -0.15) is 0 Å². The van der Waals surface area contributed by atoms with E-state index in [0.717, 1.165) is 37.1 Å². The van der Waals surface area contributed by atoms with Crippen molar-refractivity contribution >= 4 is 17.7 Å². The molecule has 2 aromatic rings. The number of esters is 1. The number of benzene rings is 2. The van der Waals surface area contributed by atoms with Crippen LogP contribution < -0.4 is 10.6 Å². The number of fused-ring (bicyclic) bond motifs is 1. The van der Waals surface area contributed by atoms with Crippen molar-refractivity contribution in [3.63, 3.8) is 0 Å². The summed E-state index contributed by atoms with van der Waals surface area (Å²) < 4.78 is 18.3. The van der Waals surface area contributed by atoms with Gasteiger partial charge in [-0.15, -0.1) is 0 Å². The molecular formula is C21H22FN3O3. The average Bonchev–Trinajstić information content (AvgIpc) is 3.34. The van der Waals surface area contributed by atoms with Crippen molar-refractivity contribution in [1.29, 1.82) is 0 Å². The fourth-order valence-corrected chi connectivity index (χ4v) is 3.77. The first-order chi connectivity index (χ1) is 13.6. The van der Waals surface area contributed by atoms with Gasteiger partial charge in [0.25, 0.3) is 0 Å². The third-order valence-electron chi connectivity index (χ3n) is 5.23. The molecule has 1 unspecified atom stereocenters. The minimum atomic E-state index is -0.334. The van der Waals surface area contributed by atoms with Crippen LogP contribution in [0, 0.1) is 5.82 Å². The van der Waals surface area contributed by atoms with Gasteiger partial charge < -0.3 is 15.4 Å². The van der Waals surface area contributed by atoms with Crippen LogP contribution in [0.25, 0.3) is 0 Å². The number of amides is 2. The number of anilines is 1. The molecule has 1 atom stereocenters. The molecule has 2 heterocycles. The van der Waals surface area contributed by atoms with Crippen LogP contribution in [0.5, 0.6) is 0 Å². The van der Waals surface area contributed by atoms with Gasteiger partial charge in [0, 0.05) is 17.8 Å². The van der Waals surface area contributed by atoms with Gasteiger partial charge in [-0.05, 0) is 61.8 Å². The summed E-state index contributed by atoms with van der Waals surface area (Å²) in [7, 11) is 0. The summed E-state index contributed by atoms with van der Waals surface area (Å²) in [6.45, 7) is 2.57. The van der Waals surface area contributed by atoms with E-state index in [1.54, 1.807) is 30.3 Å². The molecule has 0 spiro atoms. The van der Waals surface area contributed by atoms with Gasteiger partial charge in [0.1, 0.15) is 12.4 Å². The van der Waals surface area contributed by atoms with Crippen LogP contribution >= 0.6 is 0 Å². The molecule has 0 saturated carbocycles. The molecule has 7 heteroatoms. The van der Waals surface area contributed by atoms with Crippen LogP contribution in [0.1, 0.15) is 40.4 Å². The molecule has 146 valence electrons. The van der Waals surface area contributed by atoms with Gasteiger partial charge >= 0.3 is 12.0 Å². The largest absolute Gasteiger partial charge is 0.457 e. The van der Waals surface area contributed by atoms with Crippen molar-refractivity contribution in [3.8, 4) is 0 Å². The fraction of sp³-hybridized carbons (Fsp3) is 0.333. The van der Waals surface area contributed by atoms with Crippen molar-refractivity contribution in [2.45, 2.75) is 25.5 Å². The SMILES string of the molecule is O=C(NCC(c1ccc(F)cc1)N1CCCC1)Nc1ccc2c(c1)COC2=O. The average molecular weight is 383 g/mol. The number of nitrogens with zero attached hydrogens (tertiary/aromatic N) is 1. The number of rotatable bonds is 5. The first kappa shape index (κ1) is 18.4. The Hall–Kier alpha value is -2.93. The molecule has 0 radical (unpaired) electrons. The van der Waals surface area contributed by atoms with Crippen LogP contribution in [-0.2, 0) is 11.3 Å². The quantitative estimate of drug-likeness (QED) is 0.776. The lowest BCUT2D eigenvalue weighted by Crippen LogP contribution is -2.38. The highest BCUT2D eigenvalue weighted by atomic mass is 19.1. The number of nitrogens with one attached hydrogen (secondary N) is 2. The molecule has 2 aliphatic heterocycles. The number of carbonyl (C=O) groups excluding carboxylic acids is 2. The Balaban J connectivity index is 1.40. The van der Waals surface area contributed by atoms with Gasteiger partial charge in [0.2, 0.25) is 0 Å². The van der Waals surface area contributed by atoms with E-state index >= 15 is 0 Å². The van der Waals surface area contributed by atoms with Gasteiger partial charge in [0.15, 0.2) is 0 Å². The summed E-state index contributed by atoms with van der Waals surface area (Å²) in [5.74, 6) is -0.604. The Kier molecular flexibility index (Phi) is 5.25. The minimum absolute atomic E-state index is 0.0000999. The number of hydrogen-bond donors (Lipinski definition) is 2. The summed E-state index contributed by atoms with van der Waals surface area (Å²) in [5.41, 5.74) is 2.89. The van der Waals surface area contributed by atoms with E-state index in [9.17, 15) is 14.0 Å². The van der Waals surface area contributed by atoms with Crippen molar-refractivity contribution in [3.05, 3.63) is 65.0 Å². The lowest BCUT2D eigenvalue weighted by Gasteiger charge is -2.28. The predicted octanol–water partition coefficient (Wildman–Crippen LogP) is 3.45. The number of urea groups is 1. The van der Waals surface area contributed by atoms with E-state index in [1.807, 2.05) is 0 Å². The zero-order valence-corrected chi connectivity index (χ0v) is 15.4. The van der Waals surface area contributed by atoms with Gasteiger partial charge in [-0.3, -0.25) is 4.90 Å². The standard InChI is InChI=1S/C21H22FN3O3/c22-16-5-3-14(4-6-16)19(25-9-1-2-10-25)12-23-21(27)24-17-7-8-18-15(11-17)13-28-20(18)26/h3-8,11,19H,1-2,9-10,12-13H2,(H2,23,24,27). The first-order valence-electron chi connectivity index (χ1n) is 9.44. The topological polar surface area (TPSA) is 70.7 Å². The highest BCUT2D eigenvalue weighted by molar-refractivity contribution is 5.95. The second-order valence-electron chi connectivity index (χ2n) is 7.09. The Morgan fingerprint density at radius 1 is 1.14 bits per heavy atom. The van der Waals surface area contributed by atoms with Gasteiger partial charge in [-0.25, -0.2) is 14.0 Å². The number of ether oxygens (including phenoxy) is 1. The summed E-state index contributed by atoms with van der Waals surface area (Å²) in [5, 5.41) is 5.71. The van der Waals surface area contributed by atoms with E-state index in [0.29, 0.717) is 17.8 Å². The Morgan fingerprint density at radius 3 is 2.64 bits per heavy atom. The number of halogens is 1. The van der Waals surface area contributed by atoms with E-state index in [1.165, 1.54) is 12.1 Å². The maximum absolute atomic E-state index is 13.3. The maximum Gasteiger partial charge on any atom is 0.338 e. The zero-order valence-electron chi connectivity index (χ0n) is 15.4. The monoisotopic (exact) mass is 383 g/mol. The summed E-state index contributed by atoms with van der Waals surface area (Å²) in [6, 6.07) is 11.2. The molecule has 0 aromatic heterocycles. The van der Waals surface area contributed by atoms with E-state index in [4.69, 9.17) is 4.74 Å². The normalized spacial score (nSPS) is 17.1. The third kappa shape index (κ3) is 3.99. The predicted molar refractivity (Wildman–Crippen MR) is 103 cm³/mol. The van der Waals surface area contributed by atoms with Crippen molar-refractivity contribution in [2.24, 2.45) is 0 Å². The molecule has 0 bridgehead atoms. The first-order valence-corrected chi connectivity index (χ1v) is 9.44. The number of carbonyl (C=O) groups is 2. The third-order valence-corrected chi connectivity index (χ3v) is 5.23. The summed E-state index contributed by atoms with van der Waals surface area (Å²) >= 11 is 0. The van der Waals surface area contributed by atoms with Crippen LogP contribution in [-0.4, -0.2) is 36.5 Å². The molecule has 2 N–H and O–H groups in total. The Bertz CT molecular complexity index is 879. The van der Waals surface area contributed by atoms with Crippen LogP contribution in [0.3, 0.4) is 0 Å². The molecule has 2 aliphatic rings. The van der Waals surface area contributed by atoms with Crippen LogP contribution in [0.2, 0.25) is 0 Å². The molecule has 6 nitrogen and oxygen atoms in total. The summed E-state index contributed by atoms with van der Waals surface area (Å²) in [6.07, 6.45) is 2.25. The molecule has 1 fully saturated rings. The van der Waals surface area contributed by atoms with Crippen molar-refractivity contribution in [2.75, 3.05) is 25.0 Å². The second-order valence-corrected chi connectivity index (χ2v) is 7.09. The number of likely N-dealkylation sites (tertiary alicyclic amines) is 1. The van der Waals surface area contributed by atoms with Crippen molar-refractivity contribution < 1.29 is 18.7 Å². The van der Waals surface area contributed by atoms with Gasteiger partial charge in [0.05, 0.1) is 11.6 Å². The highest BCUT2D eigenvalue weighted by Gasteiger charge is 2.24. The highest BCUT2D eigenvalue weighted by Crippen LogP contribution is 2.25. The molecule has 2 aromatic carbocycles. The molecule has 1 saturated heterocycles. The Labute approximate surface area is 162 Å². The maximum atomic E-state index is 13.3. The van der Waals surface area contributed by atoms with Gasteiger partial charge in [-0.1, -0.05) is 12.1 Å². The lowest BCUT2D eigenvalue weighted by atomic mass is 10.1. The number of cyclic esters (lactones) is 1. The Morgan fingerprint density at radius 2 is 1.89 bits per heavy atom. The molecule has 0 aliphatic carbocycles. The smallest absolute Gasteiger partial charge is 0.338 e. The molecule has 2 amide bonds. The van der Waals surface area contributed by atoms with E-state index in [2.05, 4.69) is 15.5 Å². The fourth-order valence-electron chi connectivity index (χ4n) is 3.77. The van der Waals surface area contributed by atoms with Crippen molar-refractivity contribution in [1.82, 2.24) is 10.2 Å². The zero-order chi connectivity index (χ0) is 19.5. The minimum Gasteiger partial charge on any atom is -0.457 e. The molecular weight excluding hydrogens is 361 g/mol. The van der Waals surface area contributed by atoms with E-state index in [-0.39, 0.29) is 30.5 Å². The molecule has 28 heavy (non-hydrogen) atoms. The molecule has 4 rings (SSSR count). The lowest BCUT2D eigenvalue weighted by molar-refractivity contribution is 0.0535. The number of hydrogen-bond acceptors (Lipinski definition) is 4. The van der Waals surface area contributed by atoms with E-state index < -0.39 is 0 Å². The summed E-state index contributed by atoms with van der Waals surface area (Å²) in [4.78, 5) is 26.2. The van der Waals surface area contributed by atoms with Crippen LogP contribution in [0.15, 0.2) is 42.5 Å². The second kappa shape index (κ2) is 7.98. The van der Waals surface area contributed by atoms with Crippen LogP contribution in [0.4, 0.5) is 14.9 Å².